The highest BCUT2D eigenvalue weighted by Crippen LogP contribution is 2.17. The normalized spacial score (nSPS) is 13.2. The molecule has 0 fully saturated rings. The Hall–Kier alpha value is 0.0300. The van der Waals surface area contributed by atoms with Crippen molar-refractivity contribution in [3.63, 3.8) is 0 Å². The lowest BCUT2D eigenvalue weighted by atomic mass is 10.1. The number of aliphatic hydroxyl groups excluding tert-OH is 1. The zero-order valence-corrected chi connectivity index (χ0v) is 6.23. The van der Waals surface area contributed by atoms with Crippen LogP contribution in [0.1, 0.15) is 6.42 Å². The number of rotatable bonds is 3. The van der Waals surface area contributed by atoms with Crippen LogP contribution in [0.25, 0.3) is 0 Å². The van der Waals surface area contributed by atoms with Crippen LogP contribution in [0.3, 0.4) is 0 Å². The van der Waals surface area contributed by atoms with E-state index in [0.717, 1.165) is 0 Å². The molecule has 0 rings (SSSR count). The molecule has 0 aromatic rings. The quantitative estimate of drug-likeness (QED) is 0.645. The molecule has 0 aliphatic rings. The molecule has 0 aliphatic heterocycles. The van der Waals surface area contributed by atoms with Gasteiger partial charge >= 0.3 is 0 Å². The first-order valence-electron chi connectivity index (χ1n) is 2.48. The topological polar surface area (TPSA) is 44.0 Å². The van der Waals surface area contributed by atoms with Gasteiger partial charge in [0.1, 0.15) is 4.84 Å². The summed E-state index contributed by atoms with van der Waals surface area (Å²) in [6.07, 6.45) is 0.203. The monoisotopic (exact) mass is 167 g/mol. The highest BCUT2D eigenvalue weighted by molar-refractivity contribution is 6.44. The zero-order chi connectivity index (χ0) is 7.28. The van der Waals surface area contributed by atoms with Crippen molar-refractivity contribution in [2.24, 2.45) is 5.92 Å². The van der Waals surface area contributed by atoms with Gasteiger partial charge in [-0.3, -0.25) is 0 Å². The Balaban J connectivity index is 3.57. The standard InChI is InChI=1S/C5H7Cl2NO/c6-5(7)4(3-9)1-2-8/h4-5,9H,1,3H2. The zero-order valence-electron chi connectivity index (χ0n) is 4.72. The molecule has 4 heteroatoms. The molecule has 0 aromatic heterocycles. The molecule has 1 N–H and O–H groups in total. The first-order valence-corrected chi connectivity index (χ1v) is 3.35. The Morgan fingerprint density at radius 1 is 1.56 bits per heavy atom. The fourth-order valence-corrected chi connectivity index (χ4v) is 0.688. The Bertz CT molecular complexity index is 110. The summed E-state index contributed by atoms with van der Waals surface area (Å²) in [7, 11) is 0. The van der Waals surface area contributed by atoms with Gasteiger partial charge in [-0.05, 0) is 0 Å². The van der Waals surface area contributed by atoms with Gasteiger partial charge in [0.15, 0.2) is 0 Å². The summed E-state index contributed by atoms with van der Waals surface area (Å²) in [5.74, 6) is -0.307. The van der Waals surface area contributed by atoms with Gasteiger partial charge in [-0.2, -0.15) is 5.26 Å². The predicted octanol–water partition coefficient (Wildman–Crippen LogP) is 1.31. The van der Waals surface area contributed by atoms with Crippen LogP contribution >= 0.6 is 23.2 Å². The Morgan fingerprint density at radius 3 is 2.22 bits per heavy atom. The van der Waals surface area contributed by atoms with Gasteiger partial charge in [0.2, 0.25) is 0 Å². The van der Waals surface area contributed by atoms with Crippen LogP contribution in [-0.2, 0) is 0 Å². The first-order chi connectivity index (χ1) is 4.22. The lowest BCUT2D eigenvalue weighted by Crippen LogP contribution is -2.12. The van der Waals surface area contributed by atoms with Crippen molar-refractivity contribution in [1.29, 1.82) is 5.26 Å². The Morgan fingerprint density at radius 2 is 2.11 bits per heavy atom. The van der Waals surface area contributed by atoms with Crippen LogP contribution in [0.4, 0.5) is 0 Å². The van der Waals surface area contributed by atoms with E-state index in [1.165, 1.54) is 0 Å². The summed E-state index contributed by atoms with van der Waals surface area (Å²) in [5.41, 5.74) is 0. The summed E-state index contributed by atoms with van der Waals surface area (Å²) in [5, 5.41) is 16.6. The fraction of sp³-hybridized carbons (Fsp3) is 0.800. The minimum absolute atomic E-state index is 0.134. The maximum absolute atomic E-state index is 8.51. The fourth-order valence-electron chi connectivity index (χ4n) is 0.351. The largest absolute Gasteiger partial charge is 0.396 e. The minimum Gasteiger partial charge on any atom is -0.396 e. The second-order valence-corrected chi connectivity index (χ2v) is 2.80. The van der Waals surface area contributed by atoms with Crippen molar-refractivity contribution in [2.45, 2.75) is 11.3 Å². The number of alkyl halides is 2. The van der Waals surface area contributed by atoms with Crippen molar-refractivity contribution in [1.82, 2.24) is 0 Å². The SMILES string of the molecule is N#CCC(CO)C(Cl)Cl. The van der Waals surface area contributed by atoms with E-state index in [1.54, 1.807) is 0 Å². The molecule has 1 unspecified atom stereocenters. The summed E-state index contributed by atoms with van der Waals surface area (Å²) in [4.78, 5) is -0.644. The number of nitrogens with zero attached hydrogens (tertiary/aromatic N) is 1. The first kappa shape index (κ1) is 9.03. The highest BCUT2D eigenvalue weighted by Gasteiger charge is 2.14. The maximum Gasteiger partial charge on any atom is 0.113 e. The molecule has 2 nitrogen and oxygen atoms in total. The van der Waals surface area contributed by atoms with Crippen molar-refractivity contribution in [2.75, 3.05) is 6.61 Å². The molecule has 0 aliphatic carbocycles. The van der Waals surface area contributed by atoms with Crippen LogP contribution in [-0.4, -0.2) is 16.5 Å². The second-order valence-electron chi connectivity index (χ2n) is 1.64. The maximum atomic E-state index is 8.51. The molecule has 0 spiro atoms. The van der Waals surface area contributed by atoms with E-state index in [4.69, 9.17) is 33.6 Å². The smallest absolute Gasteiger partial charge is 0.113 e. The molecule has 0 heterocycles. The van der Waals surface area contributed by atoms with Crippen molar-refractivity contribution in [3.8, 4) is 6.07 Å². The molecule has 0 saturated heterocycles. The van der Waals surface area contributed by atoms with E-state index >= 15 is 0 Å². The number of aliphatic hydroxyl groups is 1. The van der Waals surface area contributed by atoms with Gasteiger partial charge in [-0.1, -0.05) is 0 Å². The van der Waals surface area contributed by atoms with E-state index in [1.807, 2.05) is 6.07 Å². The number of nitriles is 1. The highest BCUT2D eigenvalue weighted by atomic mass is 35.5. The van der Waals surface area contributed by atoms with E-state index in [-0.39, 0.29) is 18.9 Å². The molecule has 9 heavy (non-hydrogen) atoms. The summed E-state index contributed by atoms with van der Waals surface area (Å²) < 4.78 is 0. The van der Waals surface area contributed by atoms with Crippen LogP contribution in [0.2, 0.25) is 0 Å². The van der Waals surface area contributed by atoms with Gasteiger partial charge in [0.25, 0.3) is 0 Å². The van der Waals surface area contributed by atoms with Gasteiger partial charge in [-0.25, -0.2) is 0 Å². The molecule has 1 atom stereocenters. The third-order valence-electron chi connectivity index (χ3n) is 0.944. The molecule has 0 bridgehead atoms. The van der Waals surface area contributed by atoms with Gasteiger partial charge in [-0.15, -0.1) is 23.2 Å². The van der Waals surface area contributed by atoms with Crippen LogP contribution in [0.5, 0.6) is 0 Å². The lowest BCUT2D eigenvalue weighted by Gasteiger charge is -2.08. The third-order valence-corrected chi connectivity index (χ3v) is 1.66. The molecule has 0 saturated carbocycles. The predicted molar refractivity (Wildman–Crippen MR) is 36.3 cm³/mol. The molecule has 52 valence electrons. The molecular weight excluding hydrogens is 161 g/mol. The molecule has 0 aromatic carbocycles. The summed E-state index contributed by atoms with van der Waals surface area (Å²) in [6.45, 7) is -0.134. The Labute approximate surface area is 64.0 Å². The van der Waals surface area contributed by atoms with E-state index in [9.17, 15) is 0 Å². The average molecular weight is 168 g/mol. The van der Waals surface area contributed by atoms with Crippen molar-refractivity contribution >= 4 is 23.2 Å². The van der Waals surface area contributed by atoms with Crippen molar-refractivity contribution < 1.29 is 5.11 Å². The average Bonchev–Trinajstić information content (AvgIpc) is 1.82. The molecule has 0 amide bonds. The van der Waals surface area contributed by atoms with Gasteiger partial charge in [0.05, 0.1) is 6.07 Å². The number of hydrogen-bond acceptors (Lipinski definition) is 2. The lowest BCUT2D eigenvalue weighted by molar-refractivity contribution is 0.236. The van der Waals surface area contributed by atoms with Crippen LogP contribution < -0.4 is 0 Å². The molecular formula is C5H7Cl2NO. The minimum atomic E-state index is -0.644. The third kappa shape index (κ3) is 3.58. The van der Waals surface area contributed by atoms with Crippen LogP contribution in [0, 0.1) is 17.2 Å². The second kappa shape index (κ2) is 4.87. The van der Waals surface area contributed by atoms with E-state index < -0.39 is 4.84 Å². The van der Waals surface area contributed by atoms with Crippen LogP contribution in [0.15, 0.2) is 0 Å². The number of halogens is 2. The van der Waals surface area contributed by atoms with Crippen molar-refractivity contribution in [3.05, 3.63) is 0 Å². The van der Waals surface area contributed by atoms with E-state index in [2.05, 4.69) is 0 Å². The number of hydrogen-bond donors (Lipinski definition) is 1. The summed E-state index contributed by atoms with van der Waals surface area (Å²) in [6, 6.07) is 1.87. The molecule has 0 radical (unpaired) electrons. The van der Waals surface area contributed by atoms with E-state index in [0.29, 0.717) is 0 Å². The van der Waals surface area contributed by atoms with Gasteiger partial charge in [0, 0.05) is 18.9 Å². The summed E-state index contributed by atoms with van der Waals surface area (Å²) >= 11 is 10.8. The Kier molecular flexibility index (Phi) is 4.88. The van der Waals surface area contributed by atoms with Gasteiger partial charge < -0.3 is 5.11 Å².